The average molecular weight is 525 g/mol. The van der Waals surface area contributed by atoms with E-state index in [2.05, 4.69) is 5.32 Å². The monoisotopic (exact) mass is 524 g/mol. The van der Waals surface area contributed by atoms with Crippen LogP contribution in [-0.2, 0) is 10.9 Å². The van der Waals surface area contributed by atoms with E-state index in [0.717, 1.165) is 12.1 Å². The molecule has 0 bridgehead atoms. The number of hydrogen-bond acceptors (Lipinski definition) is 6. The highest BCUT2D eigenvalue weighted by Crippen LogP contribution is 2.32. The fourth-order valence-electron chi connectivity index (χ4n) is 4.18. The quantitative estimate of drug-likeness (QED) is 0.408. The predicted molar refractivity (Wildman–Crippen MR) is 133 cm³/mol. The smallest absolute Gasteiger partial charge is 0.416 e. The van der Waals surface area contributed by atoms with Gasteiger partial charge in [0.05, 0.1) is 19.3 Å². The number of ether oxygens (including phenoxy) is 4. The Labute approximate surface area is 215 Å². The van der Waals surface area contributed by atoms with Gasteiger partial charge in [0.2, 0.25) is 0 Å². The molecule has 0 aliphatic carbocycles. The Morgan fingerprint density at radius 3 is 2.41 bits per heavy atom. The highest BCUT2D eigenvalue weighted by atomic mass is 19.4. The third-order valence-electron chi connectivity index (χ3n) is 6.22. The van der Waals surface area contributed by atoms with E-state index < -0.39 is 11.7 Å². The second kappa shape index (κ2) is 13.0. The van der Waals surface area contributed by atoms with Crippen LogP contribution in [0, 0.1) is 5.92 Å². The Hall–Kier alpha value is -2.98. The molecule has 0 unspecified atom stereocenters. The Bertz CT molecular complexity index is 1010. The molecule has 1 aliphatic heterocycles. The maximum absolute atomic E-state index is 13.5. The van der Waals surface area contributed by atoms with Gasteiger partial charge in [-0.05, 0) is 56.3 Å². The van der Waals surface area contributed by atoms with E-state index in [1.807, 2.05) is 13.8 Å². The molecule has 10 heteroatoms. The van der Waals surface area contributed by atoms with Crippen LogP contribution in [0.25, 0.3) is 0 Å². The highest BCUT2D eigenvalue weighted by Gasteiger charge is 2.34. The van der Waals surface area contributed by atoms with Gasteiger partial charge in [-0.1, -0.05) is 0 Å². The lowest BCUT2D eigenvalue weighted by atomic mass is 10.0. The minimum Gasteiger partial charge on any atom is -0.493 e. The molecular formula is C27H35F3N2O5. The lowest BCUT2D eigenvalue weighted by Crippen LogP contribution is -2.44. The number of carbonyl (C=O) groups excluding carboxylic acids is 1. The molecule has 1 aliphatic rings. The number of benzene rings is 2. The molecule has 1 amide bonds. The van der Waals surface area contributed by atoms with Crippen LogP contribution in [0.15, 0.2) is 42.5 Å². The maximum atomic E-state index is 13.5. The molecule has 1 N–H and O–H groups in total. The first kappa shape index (κ1) is 28.6. The van der Waals surface area contributed by atoms with Gasteiger partial charge in [0.15, 0.2) is 11.5 Å². The summed E-state index contributed by atoms with van der Waals surface area (Å²) >= 11 is 0. The highest BCUT2D eigenvalue weighted by molar-refractivity contribution is 5.95. The van der Waals surface area contributed by atoms with Gasteiger partial charge in [0, 0.05) is 57.3 Å². The number of methoxy groups -OCH3 is 2. The Kier molecular flexibility index (Phi) is 10.0. The third kappa shape index (κ3) is 7.75. The first-order valence-electron chi connectivity index (χ1n) is 12.3. The third-order valence-corrected chi connectivity index (χ3v) is 6.22. The molecule has 2 aromatic rings. The number of amides is 1. The van der Waals surface area contributed by atoms with E-state index in [9.17, 15) is 18.0 Å². The summed E-state index contributed by atoms with van der Waals surface area (Å²) in [6.45, 7) is 6.45. The van der Waals surface area contributed by atoms with E-state index in [1.54, 1.807) is 37.3 Å². The summed E-state index contributed by atoms with van der Waals surface area (Å²) in [5.41, 5.74) is -0.249. The van der Waals surface area contributed by atoms with Crippen LogP contribution in [-0.4, -0.2) is 70.0 Å². The van der Waals surface area contributed by atoms with Crippen molar-refractivity contribution in [2.24, 2.45) is 5.92 Å². The van der Waals surface area contributed by atoms with Gasteiger partial charge < -0.3 is 29.2 Å². The molecule has 37 heavy (non-hydrogen) atoms. The van der Waals surface area contributed by atoms with Gasteiger partial charge >= 0.3 is 6.18 Å². The van der Waals surface area contributed by atoms with Gasteiger partial charge in [0.1, 0.15) is 11.9 Å². The molecule has 1 saturated heterocycles. The Morgan fingerprint density at radius 1 is 1.05 bits per heavy atom. The van der Waals surface area contributed by atoms with Crippen molar-refractivity contribution in [3.63, 3.8) is 0 Å². The van der Waals surface area contributed by atoms with Crippen molar-refractivity contribution in [1.82, 2.24) is 10.2 Å². The van der Waals surface area contributed by atoms with Gasteiger partial charge in [-0.2, -0.15) is 13.2 Å². The minimum absolute atomic E-state index is 0.0448. The number of nitrogens with zero attached hydrogens (tertiary/aromatic N) is 1. The van der Waals surface area contributed by atoms with Crippen molar-refractivity contribution < 1.29 is 36.9 Å². The summed E-state index contributed by atoms with van der Waals surface area (Å²) in [7, 11) is 3.17. The molecule has 7 nitrogen and oxygen atoms in total. The van der Waals surface area contributed by atoms with E-state index in [0.29, 0.717) is 62.1 Å². The summed E-state index contributed by atoms with van der Waals surface area (Å²) in [5, 5.41) is 3.27. The lowest BCUT2D eigenvalue weighted by Gasteiger charge is -2.31. The predicted octanol–water partition coefficient (Wildman–Crippen LogP) is 4.65. The van der Waals surface area contributed by atoms with E-state index in [4.69, 9.17) is 18.9 Å². The fourth-order valence-corrected chi connectivity index (χ4v) is 4.18. The number of carbonyl (C=O) groups is 1. The van der Waals surface area contributed by atoms with Gasteiger partial charge in [-0.25, -0.2) is 0 Å². The average Bonchev–Trinajstić information content (AvgIpc) is 3.30. The maximum Gasteiger partial charge on any atom is 0.416 e. The largest absolute Gasteiger partial charge is 0.493 e. The number of alkyl halides is 3. The number of hydrogen-bond donors (Lipinski definition) is 1. The number of nitrogens with one attached hydrogen (secondary N) is 1. The Morgan fingerprint density at radius 2 is 1.78 bits per heavy atom. The SMILES string of the molecule is COCCCOc1cc(C(=O)N(C[C@@H]2CNC[C@@H]2Oc2ccc(C(F)(F)F)cc2)C(C)C)ccc1OC. The van der Waals surface area contributed by atoms with Crippen molar-refractivity contribution in [3.05, 3.63) is 53.6 Å². The van der Waals surface area contributed by atoms with Crippen molar-refractivity contribution in [1.29, 1.82) is 0 Å². The molecule has 204 valence electrons. The molecule has 0 aromatic heterocycles. The summed E-state index contributed by atoms with van der Waals surface area (Å²) < 4.78 is 60.9. The molecule has 3 rings (SSSR count). The van der Waals surface area contributed by atoms with Crippen molar-refractivity contribution in [2.75, 3.05) is 47.1 Å². The lowest BCUT2D eigenvalue weighted by molar-refractivity contribution is -0.137. The van der Waals surface area contributed by atoms with Gasteiger partial charge in [0.25, 0.3) is 5.91 Å². The van der Waals surface area contributed by atoms with Crippen LogP contribution in [0.5, 0.6) is 17.2 Å². The first-order chi connectivity index (χ1) is 17.6. The first-order valence-corrected chi connectivity index (χ1v) is 12.3. The van der Waals surface area contributed by atoms with Crippen molar-refractivity contribution in [3.8, 4) is 17.2 Å². The van der Waals surface area contributed by atoms with Crippen LogP contribution in [0.4, 0.5) is 13.2 Å². The molecule has 1 heterocycles. The zero-order valence-corrected chi connectivity index (χ0v) is 21.6. The topological polar surface area (TPSA) is 69.3 Å². The number of rotatable bonds is 12. The molecule has 2 aromatic carbocycles. The Balaban J connectivity index is 1.70. The standard InChI is InChI=1S/C27H35F3N2O5/c1-18(2)32(26(33)19-6-11-23(35-4)24(14-19)36-13-5-12-34-3)17-20-15-31-16-25(20)37-22-9-7-21(8-10-22)27(28,29)30/h6-11,14,18,20,25,31H,5,12-13,15-17H2,1-4H3/t20-,25-/m0/s1. The van der Waals surface area contributed by atoms with E-state index >= 15 is 0 Å². The second-order valence-corrected chi connectivity index (χ2v) is 9.21. The molecule has 1 fully saturated rings. The second-order valence-electron chi connectivity index (χ2n) is 9.21. The van der Waals surface area contributed by atoms with E-state index in [-0.39, 0.29) is 24.0 Å². The summed E-state index contributed by atoms with van der Waals surface area (Å²) in [4.78, 5) is 15.3. The normalized spacial score (nSPS) is 17.6. The summed E-state index contributed by atoms with van der Waals surface area (Å²) in [5.74, 6) is 1.19. The van der Waals surface area contributed by atoms with Crippen molar-refractivity contribution >= 4 is 5.91 Å². The minimum atomic E-state index is -4.40. The van der Waals surface area contributed by atoms with E-state index in [1.165, 1.54) is 12.1 Å². The summed E-state index contributed by atoms with van der Waals surface area (Å²) in [6, 6.07) is 9.70. The van der Waals surface area contributed by atoms with Crippen molar-refractivity contribution in [2.45, 2.75) is 38.6 Å². The zero-order chi connectivity index (χ0) is 27.0. The molecule has 0 radical (unpaired) electrons. The van der Waals surface area contributed by atoms with Crippen LogP contribution < -0.4 is 19.5 Å². The van der Waals surface area contributed by atoms with Crippen LogP contribution in [0.2, 0.25) is 0 Å². The molecule has 0 saturated carbocycles. The number of halogens is 3. The van der Waals surface area contributed by atoms with Crippen LogP contribution in [0.1, 0.15) is 36.2 Å². The van der Waals surface area contributed by atoms with Crippen LogP contribution >= 0.6 is 0 Å². The van der Waals surface area contributed by atoms with Gasteiger partial charge in [-0.15, -0.1) is 0 Å². The molecular weight excluding hydrogens is 489 g/mol. The zero-order valence-electron chi connectivity index (χ0n) is 21.6. The van der Waals surface area contributed by atoms with Gasteiger partial charge in [-0.3, -0.25) is 4.79 Å². The van der Waals surface area contributed by atoms with Crippen LogP contribution in [0.3, 0.4) is 0 Å². The summed E-state index contributed by atoms with van der Waals surface area (Å²) in [6.07, 6.45) is -3.99. The molecule has 0 spiro atoms. The fraction of sp³-hybridized carbons (Fsp3) is 0.519. The molecule has 2 atom stereocenters.